The van der Waals surface area contributed by atoms with E-state index in [0.29, 0.717) is 6.61 Å². The van der Waals surface area contributed by atoms with E-state index in [1.807, 2.05) is 0 Å². The Hall–Kier alpha value is -1.36. The van der Waals surface area contributed by atoms with Crippen molar-refractivity contribution in [3.05, 3.63) is 32.1 Å². The van der Waals surface area contributed by atoms with Gasteiger partial charge in [0.25, 0.3) is 5.56 Å². The van der Waals surface area contributed by atoms with Crippen molar-refractivity contribution in [3.8, 4) is 0 Å². The first-order valence-electron chi connectivity index (χ1n) is 14.7. The van der Waals surface area contributed by atoms with Gasteiger partial charge in [-0.05, 0) is 38.5 Å². The Balaban J connectivity index is 0.000000240. The van der Waals surface area contributed by atoms with E-state index < -0.39 is 0 Å². The fraction of sp³-hybridized carbons (Fsp3) is 0.862. The van der Waals surface area contributed by atoms with Crippen LogP contribution in [0.15, 0.2) is 9.59 Å². The zero-order valence-corrected chi connectivity index (χ0v) is 22.1. The van der Waals surface area contributed by atoms with E-state index >= 15 is 0 Å². The van der Waals surface area contributed by atoms with Crippen LogP contribution in [0.3, 0.4) is 0 Å². The van der Waals surface area contributed by atoms with Crippen LogP contribution in [-0.4, -0.2) is 21.3 Å². The molecule has 3 rings (SSSR count). The van der Waals surface area contributed by atoms with Gasteiger partial charge >= 0.3 is 5.69 Å². The van der Waals surface area contributed by atoms with Gasteiger partial charge in [0.05, 0.1) is 0 Å². The highest BCUT2D eigenvalue weighted by atomic mass is 16.3. The Bertz CT molecular complexity index is 748. The van der Waals surface area contributed by atoms with Crippen molar-refractivity contribution in [2.24, 2.45) is 0 Å². The number of hydrogen-bond donors (Lipinski definition) is 2. The summed E-state index contributed by atoms with van der Waals surface area (Å²) in [6.45, 7) is 2.65. The third-order valence-electron chi connectivity index (χ3n) is 7.62. The SMILES string of the molecule is CCCCCCCCCCCCCCCCO.O=c1[nH]c2c(c(=O)n1C1CCCCC1)CCC2. The van der Waals surface area contributed by atoms with Crippen molar-refractivity contribution in [3.63, 3.8) is 0 Å². The molecule has 0 radical (unpaired) electrons. The molecule has 5 nitrogen and oxygen atoms in total. The Morgan fingerprint density at radius 1 is 0.735 bits per heavy atom. The van der Waals surface area contributed by atoms with Crippen LogP contribution in [0, 0.1) is 0 Å². The van der Waals surface area contributed by atoms with Gasteiger partial charge in [-0.15, -0.1) is 0 Å². The van der Waals surface area contributed by atoms with Crippen LogP contribution in [0.1, 0.15) is 153 Å². The minimum Gasteiger partial charge on any atom is -0.396 e. The first-order chi connectivity index (χ1) is 16.7. The van der Waals surface area contributed by atoms with Crippen molar-refractivity contribution >= 4 is 0 Å². The number of fused-ring (bicyclic) bond motifs is 1. The molecular weight excluding hydrogens is 424 g/mol. The number of nitrogens with one attached hydrogen (secondary N) is 1. The minimum absolute atomic E-state index is 0.0202. The number of aromatic amines is 1. The number of rotatable bonds is 15. The quantitative estimate of drug-likeness (QED) is 0.268. The summed E-state index contributed by atoms with van der Waals surface area (Å²) < 4.78 is 1.49. The van der Waals surface area contributed by atoms with Gasteiger partial charge < -0.3 is 10.1 Å². The van der Waals surface area contributed by atoms with E-state index in [1.54, 1.807) is 0 Å². The van der Waals surface area contributed by atoms with E-state index in [2.05, 4.69) is 11.9 Å². The molecule has 0 saturated heterocycles. The molecule has 0 amide bonds. The van der Waals surface area contributed by atoms with Gasteiger partial charge in [-0.25, -0.2) is 4.79 Å². The summed E-state index contributed by atoms with van der Waals surface area (Å²) in [5.74, 6) is 0. The second-order valence-corrected chi connectivity index (χ2v) is 10.5. The molecule has 196 valence electrons. The largest absolute Gasteiger partial charge is 0.396 e. The van der Waals surface area contributed by atoms with Crippen molar-refractivity contribution in [1.82, 2.24) is 9.55 Å². The lowest BCUT2D eigenvalue weighted by atomic mass is 9.95. The lowest BCUT2D eigenvalue weighted by molar-refractivity contribution is 0.282. The van der Waals surface area contributed by atoms with Crippen LogP contribution < -0.4 is 11.2 Å². The second-order valence-electron chi connectivity index (χ2n) is 10.5. The van der Waals surface area contributed by atoms with E-state index in [-0.39, 0.29) is 17.3 Å². The number of H-pyrrole nitrogens is 1. The smallest absolute Gasteiger partial charge is 0.328 e. The third kappa shape index (κ3) is 10.5. The average molecular weight is 477 g/mol. The van der Waals surface area contributed by atoms with Gasteiger partial charge in [0.1, 0.15) is 0 Å². The van der Waals surface area contributed by atoms with Gasteiger partial charge in [0, 0.05) is 23.9 Å². The van der Waals surface area contributed by atoms with Crippen LogP contribution in [0.25, 0.3) is 0 Å². The van der Waals surface area contributed by atoms with Crippen LogP contribution in [0.5, 0.6) is 0 Å². The molecule has 2 aliphatic carbocycles. The van der Waals surface area contributed by atoms with Gasteiger partial charge in [-0.1, -0.05) is 110 Å². The normalized spacial score (nSPS) is 15.7. The van der Waals surface area contributed by atoms with Crippen molar-refractivity contribution in [1.29, 1.82) is 0 Å². The summed E-state index contributed by atoms with van der Waals surface area (Å²) in [7, 11) is 0. The number of hydrogen-bond acceptors (Lipinski definition) is 3. The van der Waals surface area contributed by atoms with Crippen LogP contribution in [-0.2, 0) is 12.8 Å². The first kappa shape index (κ1) is 28.9. The topological polar surface area (TPSA) is 75.1 Å². The fourth-order valence-electron chi connectivity index (χ4n) is 5.52. The van der Waals surface area contributed by atoms with E-state index in [1.165, 1.54) is 94.5 Å². The fourth-order valence-corrected chi connectivity index (χ4v) is 5.52. The monoisotopic (exact) mass is 476 g/mol. The molecule has 1 aromatic heterocycles. The number of aromatic nitrogens is 2. The summed E-state index contributed by atoms with van der Waals surface area (Å²) in [5, 5.41) is 8.64. The third-order valence-corrected chi connectivity index (χ3v) is 7.62. The average Bonchev–Trinajstić information content (AvgIpc) is 3.32. The Morgan fingerprint density at radius 3 is 1.79 bits per heavy atom. The standard InChI is InChI=1S/C16H34O.C13H18N2O2/c1-2-3-4-5-6-7-8-9-10-11-12-13-14-15-16-17;16-12-10-7-4-8-11(10)14-13(17)15(12)9-5-2-1-3-6-9/h17H,2-16H2,1H3;9H,1-8H2,(H,14,17). The number of aliphatic hydroxyl groups is 1. The summed E-state index contributed by atoms with van der Waals surface area (Å²) in [6, 6.07) is 0.130. The van der Waals surface area contributed by atoms with Gasteiger partial charge in [-0.2, -0.15) is 0 Å². The lowest BCUT2D eigenvalue weighted by Crippen LogP contribution is -2.40. The molecule has 34 heavy (non-hydrogen) atoms. The molecule has 0 bridgehead atoms. The lowest BCUT2D eigenvalue weighted by Gasteiger charge is -2.23. The first-order valence-corrected chi connectivity index (χ1v) is 14.7. The highest BCUT2D eigenvalue weighted by Gasteiger charge is 2.24. The Labute approximate surface area is 207 Å². The second kappa shape index (κ2) is 18.0. The van der Waals surface area contributed by atoms with Crippen LogP contribution in [0.4, 0.5) is 0 Å². The van der Waals surface area contributed by atoms with Crippen LogP contribution in [0.2, 0.25) is 0 Å². The summed E-state index contributed by atoms with van der Waals surface area (Å²) >= 11 is 0. The van der Waals surface area contributed by atoms with E-state index in [0.717, 1.165) is 62.6 Å². The molecule has 0 aliphatic heterocycles. The van der Waals surface area contributed by atoms with Gasteiger partial charge in [0.15, 0.2) is 0 Å². The summed E-state index contributed by atoms with van der Waals surface area (Å²) in [6.07, 6.45) is 27.3. The molecule has 1 fully saturated rings. The maximum Gasteiger partial charge on any atom is 0.328 e. The maximum atomic E-state index is 12.3. The molecule has 1 aromatic rings. The van der Waals surface area contributed by atoms with Crippen molar-refractivity contribution in [2.45, 2.75) is 154 Å². The number of aliphatic hydroxyl groups excluding tert-OH is 1. The zero-order valence-electron chi connectivity index (χ0n) is 22.1. The molecule has 2 N–H and O–H groups in total. The molecule has 0 atom stereocenters. The van der Waals surface area contributed by atoms with Crippen molar-refractivity contribution in [2.75, 3.05) is 6.61 Å². The molecule has 0 spiro atoms. The van der Waals surface area contributed by atoms with Crippen molar-refractivity contribution < 1.29 is 5.11 Å². The Kier molecular flexibility index (Phi) is 15.3. The predicted molar refractivity (Wildman–Crippen MR) is 143 cm³/mol. The Morgan fingerprint density at radius 2 is 1.26 bits per heavy atom. The molecule has 5 heteroatoms. The zero-order chi connectivity index (χ0) is 24.4. The number of aryl methyl sites for hydroxylation is 1. The maximum absolute atomic E-state index is 12.3. The molecule has 2 aliphatic rings. The van der Waals surface area contributed by atoms with Gasteiger partial charge in [0.2, 0.25) is 0 Å². The highest BCUT2D eigenvalue weighted by molar-refractivity contribution is 5.22. The van der Waals surface area contributed by atoms with Crippen LogP contribution >= 0.6 is 0 Å². The summed E-state index contributed by atoms with van der Waals surface area (Å²) in [4.78, 5) is 27.2. The molecule has 1 heterocycles. The molecule has 0 aromatic carbocycles. The summed E-state index contributed by atoms with van der Waals surface area (Å²) in [5.41, 5.74) is 1.53. The van der Waals surface area contributed by atoms with E-state index in [9.17, 15) is 9.59 Å². The molecule has 1 saturated carbocycles. The highest BCUT2D eigenvalue weighted by Crippen LogP contribution is 2.26. The number of nitrogens with zero attached hydrogens (tertiary/aromatic N) is 1. The number of unbranched alkanes of at least 4 members (excludes halogenated alkanes) is 13. The predicted octanol–water partition coefficient (Wildman–Crippen LogP) is 6.99. The van der Waals surface area contributed by atoms with Gasteiger partial charge in [-0.3, -0.25) is 9.36 Å². The van der Waals surface area contributed by atoms with E-state index in [4.69, 9.17) is 5.11 Å². The minimum atomic E-state index is -0.192. The molecule has 0 unspecified atom stereocenters. The molecular formula is C29H52N2O3.